The van der Waals surface area contributed by atoms with Gasteiger partial charge in [-0.3, -0.25) is 19.0 Å². The number of amides is 2. The second-order valence-electron chi connectivity index (χ2n) is 6.91. The Morgan fingerprint density at radius 1 is 1.12 bits per heavy atom. The van der Waals surface area contributed by atoms with Crippen molar-refractivity contribution in [3.8, 4) is 17.2 Å². The number of fused-ring (bicyclic) bond motifs is 1. The third-order valence-corrected chi connectivity index (χ3v) is 5.73. The number of nitrogens with zero attached hydrogens (tertiary/aromatic N) is 2. The van der Waals surface area contributed by atoms with E-state index >= 15 is 0 Å². The molecule has 0 spiro atoms. The summed E-state index contributed by atoms with van der Waals surface area (Å²) in [6.07, 6.45) is 1.20. The van der Waals surface area contributed by atoms with Crippen LogP contribution in [0.1, 0.15) is 10.4 Å². The number of benzene rings is 2. The highest BCUT2D eigenvalue weighted by atomic mass is 32.2. The first-order chi connectivity index (χ1) is 15.9. The molecule has 2 amide bonds. The van der Waals surface area contributed by atoms with Crippen LogP contribution in [-0.4, -0.2) is 41.0 Å². The molecular formula is C22H20N4O6S. The Morgan fingerprint density at radius 2 is 1.91 bits per heavy atom. The molecule has 1 aliphatic rings. The van der Waals surface area contributed by atoms with Gasteiger partial charge in [-0.1, -0.05) is 17.8 Å². The molecule has 0 saturated carbocycles. The van der Waals surface area contributed by atoms with Gasteiger partial charge in [0.15, 0.2) is 16.7 Å². The lowest BCUT2D eigenvalue weighted by atomic mass is 10.2. The molecule has 33 heavy (non-hydrogen) atoms. The minimum absolute atomic E-state index is 0.0179. The van der Waals surface area contributed by atoms with Gasteiger partial charge in [-0.25, -0.2) is 4.98 Å². The molecule has 4 rings (SSSR count). The molecule has 0 atom stereocenters. The second kappa shape index (κ2) is 9.65. The Morgan fingerprint density at radius 3 is 2.73 bits per heavy atom. The third-order valence-electron chi connectivity index (χ3n) is 4.69. The maximum atomic E-state index is 12.7. The average molecular weight is 468 g/mol. The van der Waals surface area contributed by atoms with E-state index in [4.69, 9.17) is 14.2 Å². The van der Waals surface area contributed by atoms with Crippen molar-refractivity contribution in [1.82, 2.24) is 9.55 Å². The Labute approximate surface area is 192 Å². The number of nitrogens with one attached hydrogen (secondary N) is 2. The van der Waals surface area contributed by atoms with Crippen molar-refractivity contribution in [2.45, 2.75) is 5.16 Å². The highest BCUT2D eigenvalue weighted by Gasteiger charge is 2.17. The molecule has 11 heteroatoms. The summed E-state index contributed by atoms with van der Waals surface area (Å²) in [7, 11) is 3.02. The number of anilines is 2. The summed E-state index contributed by atoms with van der Waals surface area (Å²) in [6, 6.07) is 11.9. The fourth-order valence-electron chi connectivity index (χ4n) is 3.02. The van der Waals surface area contributed by atoms with Gasteiger partial charge >= 0.3 is 0 Å². The monoisotopic (exact) mass is 468 g/mol. The largest absolute Gasteiger partial charge is 0.497 e. The summed E-state index contributed by atoms with van der Waals surface area (Å²) in [6.45, 7) is 0.149. The van der Waals surface area contributed by atoms with E-state index in [1.54, 1.807) is 42.5 Å². The number of carbonyl (C=O) groups excluding carboxylic acids is 2. The molecule has 170 valence electrons. The maximum absolute atomic E-state index is 12.7. The van der Waals surface area contributed by atoms with E-state index in [2.05, 4.69) is 15.6 Å². The van der Waals surface area contributed by atoms with Crippen LogP contribution in [-0.2, 0) is 11.8 Å². The lowest BCUT2D eigenvalue weighted by molar-refractivity contribution is -0.113. The van der Waals surface area contributed by atoms with Crippen molar-refractivity contribution >= 4 is 35.0 Å². The number of carbonyl (C=O) groups is 2. The number of aromatic nitrogens is 2. The van der Waals surface area contributed by atoms with E-state index in [1.165, 1.54) is 24.9 Å². The molecule has 0 bridgehead atoms. The summed E-state index contributed by atoms with van der Waals surface area (Å²) in [5.74, 6) is 0.903. The smallest absolute Gasteiger partial charge is 0.266 e. The number of ether oxygens (including phenoxy) is 3. The molecule has 0 radical (unpaired) electrons. The molecule has 0 aliphatic carbocycles. The number of methoxy groups -OCH3 is 1. The Bertz CT molecular complexity index is 1280. The number of hydrogen-bond acceptors (Lipinski definition) is 8. The highest BCUT2D eigenvalue weighted by Crippen LogP contribution is 2.34. The van der Waals surface area contributed by atoms with Gasteiger partial charge in [-0.05, 0) is 24.3 Å². The van der Waals surface area contributed by atoms with Crippen molar-refractivity contribution in [3.63, 3.8) is 0 Å². The molecule has 2 N–H and O–H groups in total. The predicted molar refractivity (Wildman–Crippen MR) is 122 cm³/mol. The Balaban J connectivity index is 1.39. The minimum Gasteiger partial charge on any atom is -0.497 e. The molecule has 1 aliphatic heterocycles. The van der Waals surface area contributed by atoms with E-state index in [0.29, 0.717) is 33.8 Å². The normalized spacial score (nSPS) is 11.7. The van der Waals surface area contributed by atoms with Crippen LogP contribution in [0.2, 0.25) is 0 Å². The lowest BCUT2D eigenvalue weighted by Gasteiger charge is -2.10. The van der Waals surface area contributed by atoms with Gasteiger partial charge in [0.1, 0.15) is 11.3 Å². The minimum atomic E-state index is -0.589. The van der Waals surface area contributed by atoms with E-state index in [1.807, 2.05) is 0 Å². The second-order valence-corrected chi connectivity index (χ2v) is 7.85. The molecule has 2 heterocycles. The fourth-order valence-corrected chi connectivity index (χ4v) is 3.76. The van der Waals surface area contributed by atoms with Crippen LogP contribution in [0.15, 0.2) is 58.6 Å². The standard InChI is InChI=1S/C22H20N4O6S/c1-26-21(29)16(20(28)25-13-4-3-5-15(8-13)30-2)10-23-22(26)33-11-19(27)24-14-6-7-17-18(9-14)32-12-31-17/h3-10H,11-12H2,1-2H3,(H,24,27)(H,25,28). The van der Waals surface area contributed by atoms with E-state index in [9.17, 15) is 14.4 Å². The number of rotatable bonds is 7. The van der Waals surface area contributed by atoms with E-state index in [0.717, 1.165) is 11.8 Å². The molecule has 2 aromatic carbocycles. The zero-order valence-electron chi connectivity index (χ0n) is 17.8. The molecule has 0 unspecified atom stereocenters. The zero-order valence-corrected chi connectivity index (χ0v) is 18.6. The van der Waals surface area contributed by atoms with Gasteiger partial charge in [0.2, 0.25) is 12.7 Å². The number of thioether (sulfide) groups is 1. The molecular weight excluding hydrogens is 448 g/mol. The van der Waals surface area contributed by atoms with E-state index in [-0.39, 0.29) is 24.0 Å². The third kappa shape index (κ3) is 5.09. The van der Waals surface area contributed by atoms with Crippen molar-refractivity contribution in [2.24, 2.45) is 7.05 Å². The summed E-state index contributed by atoms with van der Waals surface area (Å²) in [4.78, 5) is 41.7. The van der Waals surface area contributed by atoms with Crippen molar-refractivity contribution in [2.75, 3.05) is 30.3 Å². The molecule has 0 saturated heterocycles. The zero-order chi connectivity index (χ0) is 23.4. The van der Waals surface area contributed by atoms with E-state index < -0.39 is 11.5 Å². The van der Waals surface area contributed by atoms with Gasteiger partial charge in [0, 0.05) is 36.8 Å². The van der Waals surface area contributed by atoms with Gasteiger partial charge in [-0.2, -0.15) is 0 Å². The van der Waals surface area contributed by atoms with Crippen LogP contribution in [0.5, 0.6) is 17.2 Å². The molecule has 0 fully saturated rings. The molecule has 10 nitrogen and oxygen atoms in total. The van der Waals surface area contributed by atoms with Crippen molar-refractivity contribution in [3.05, 3.63) is 64.6 Å². The van der Waals surface area contributed by atoms with Crippen LogP contribution in [0.3, 0.4) is 0 Å². The first-order valence-electron chi connectivity index (χ1n) is 9.78. The number of hydrogen-bond donors (Lipinski definition) is 2. The topological polar surface area (TPSA) is 121 Å². The van der Waals surface area contributed by atoms with Crippen LogP contribution in [0.25, 0.3) is 0 Å². The molecule has 1 aromatic heterocycles. The molecule has 3 aromatic rings. The van der Waals surface area contributed by atoms with Crippen molar-refractivity contribution < 1.29 is 23.8 Å². The summed E-state index contributed by atoms with van der Waals surface area (Å²) in [5, 5.41) is 5.72. The van der Waals surface area contributed by atoms with Gasteiger partial charge in [0.25, 0.3) is 11.5 Å². The predicted octanol–water partition coefficient (Wildman–Crippen LogP) is 2.50. The lowest BCUT2D eigenvalue weighted by Crippen LogP contribution is -2.29. The first kappa shape index (κ1) is 22.2. The Kier molecular flexibility index (Phi) is 6.50. The summed E-state index contributed by atoms with van der Waals surface area (Å²) in [5.41, 5.74) is 0.412. The van der Waals surface area contributed by atoms with Crippen LogP contribution in [0.4, 0.5) is 11.4 Å². The summed E-state index contributed by atoms with van der Waals surface area (Å²) < 4.78 is 16.9. The van der Waals surface area contributed by atoms with Crippen LogP contribution >= 0.6 is 11.8 Å². The quantitative estimate of drug-likeness (QED) is 0.401. The van der Waals surface area contributed by atoms with Crippen LogP contribution in [0, 0.1) is 0 Å². The Hall–Kier alpha value is -3.99. The van der Waals surface area contributed by atoms with Gasteiger partial charge in [0.05, 0.1) is 12.9 Å². The fraction of sp³-hybridized carbons (Fsp3) is 0.182. The van der Waals surface area contributed by atoms with Crippen LogP contribution < -0.4 is 30.4 Å². The average Bonchev–Trinajstić information content (AvgIpc) is 3.28. The van der Waals surface area contributed by atoms with Gasteiger partial charge < -0.3 is 24.8 Å². The SMILES string of the molecule is COc1cccc(NC(=O)c2cnc(SCC(=O)Nc3ccc4c(c3)OCO4)n(C)c2=O)c1. The summed E-state index contributed by atoms with van der Waals surface area (Å²) >= 11 is 1.08. The van der Waals surface area contributed by atoms with Crippen molar-refractivity contribution in [1.29, 1.82) is 0 Å². The first-order valence-corrected chi connectivity index (χ1v) is 10.8. The highest BCUT2D eigenvalue weighted by molar-refractivity contribution is 7.99. The van der Waals surface area contributed by atoms with Gasteiger partial charge in [-0.15, -0.1) is 0 Å². The maximum Gasteiger partial charge on any atom is 0.266 e.